The summed E-state index contributed by atoms with van der Waals surface area (Å²) in [5, 5.41) is 8.49. The molecule has 0 saturated heterocycles. The van der Waals surface area contributed by atoms with Crippen molar-refractivity contribution in [3.63, 3.8) is 0 Å². The van der Waals surface area contributed by atoms with Crippen LogP contribution < -0.4 is 0 Å². The molecular formula is C12H14O3. The second kappa shape index (κ2) is 5.98. The summed E-state index contributed by atoms with van der Waals surface area (Å²) >= 11 is 0. The summed E-state index contributed by atoms with van der Waals surface area (Å²) in [5.41, 5.74) is 1.54. The molecule has 3 nitrogen and oxygen atoms in total. The lowest BCUT2D eigenvalue weighted by Crippen LogP contribution is -2.08. The molecule has 15 heavy (non-hydrogen) atoms. The van der Waals surface area contributed by atoms with Gasteiger partial charge in [0, 0.05) is 0 Å². The maximum absolute atomic E-state index is 11.3. The summed E-state index contributed by atoms with van der Waals surface area (Å²) in [6.07, 6.45) is 3.88. The van der Waals surface area contributed by atoms with E-state index in [4.69, 9.17) is 9.84 Å². The molecule has 0 amide bonds. The molecule has 0 saturated carbocycles. The van der Waals surface area contributed by atoms with Crippen molar-refractivity contribution in [2.24, 2.45) is 0 Å². The number of carbonyl (C=O) groups is 1. The average molecular weight is 206 g/mol. The topological polar surface area (TPSA) is 46.5 Å². The molecule has 1 rings (SSSR count). The second-order valence-corrected chi connectivity index (χ2v) is 2.98. The highest BCUT2D eigenvalue weighted by molar-refractivity contribution is 5.89. The van der Waals surface area contributed by atoms with Crippen molar-refractivity contribution in [1.82, 2.24) is 0 Å². The van der Waals surface area contributed by atoms with Gasteiger partial charge in [0.05, 0.1) is 12.2 Å². The molecule has 0 radical (unpaired) electrons. The number of carbonyl (C=O) groups excluding carboxylic acids is 1. The molecule has 1 N–H and O–H groups in total. The number of rotatable bonds is 4. The Labute approximate surface area is 89.0 Å². The molecule has 0 atom stereocenters. The van der Waals surface area contributed by atoms with Gasteiger partial charge in [0.2, 0.25) is 0 Å². The molecule has 0 heterocycles. The second-order valence-electron chi connectivity index (χ2n) is 2.98. The number of esters is 1. The van der Waals surface area contributed by atoms with E-state index in [-0.39, 0.29) is 13.2 Å². The molecule has 0 aromatic heterocycles. The summed E-state index contributed by atoms with van der Waals surface area (Å²) in [5.74, 6) is -0.406. The summed E-state index contributed by atoms with van der Waals surface area (Å²) in [4.78, 5) is 11.3. The zero-order valence-electron chi connectivity index (χ0n) is 8.64. The number of ether oxygens (including phenoxy) is 1. The molecule has 1 aromatic rings. The zero-order chi connectivity index (χ0) is 11.1. The van der Waals surface area contributed by atoms with Gasteiger partial charge in [0.25, 0.3) is 0 Å². The van der Waals surface area contributed by atoms with Crippen LogP contribution in [0.4, 0.5) is 0 Å². The van der Waals surface area contributed by atoms with Gasteiger partial charge in [-0.05, 0) is 24.6 Å². The zero-order valence-corrected chi connectivity index (χ0v) is 8.64. The van der Waals surface area contributed by atoms with Crippen LogP contribution in [0.25, 0.3) is 6.08 Å². The third-order valence-electron chi connectivity index (χ3n) is 1.83. The number of aliphatic hydroxyl groups is 1. The summed E-state index contributed by atoms with van der Waals surface area (Å²) < 4.78 is 4.77. The van der Waals surface area contributed by atoms with Crippen molar-refractivity contribution in [1.29, 1.82) is 0 Å². The van der Waals surface area contributed by atoms with Gasteiger partial charge in [-0.3, -0.25) is 0 Å². The van der Waals surface area contributed by atoms with Crippen molar-refractivity contribution in [2.45, 2.75) is 6.92 Å². The van der Waals surface area contributed by atoms with Crippen LogP contribution in [0, 0.1) is 0 Å². The van der Waals surface area contributed by atoms with E-state index < -0.39 is 5.97 Å². The third kappa shape index (κ3) is 3.56. The molecule has 0 fully saturated rings. The molecule has 0 spiro atoms. The minimum Gasteiger partial charge on any atom is -0.460 e. The fourth-order valence-corrected chi connectivity index (χ4v) is 1.14. The van der Waals surface area contributed by atoms with Crippen LogP contribution in [0.2, 0.25) is 0 Å². The highest BCUT2D eigenvalue weighted by atomic mass is 16.5. The van der Waals surface area contributed by atoms with Gasteiger partial charge in [-0.25, -0.2) is 4.79 Å². The minimum absolute atomic E-state index is 0.0372. The Hall–Kier alpha value is -1.61. The molecule has 0 aliphatic carbocycles. The number of hydrogen-bond donors (Lipinski definition) is 1. The van der Waals surface area contributed by atoms with Crippen molar-refractivity contribution in [2.75, 3.05) is 13.2 Å². The van der Waals surface area contributed by atoms with Crippen molar-refractivity contribution >= 4 is 12.0 Å². The van der Waals surface area contributed by atoms with Crippen LogP contribution >= 0.6 is 0 Å². The standard InChI is InChI=1S/C12H14O3/c1-2-3-10-4-6-11(7-5-10)12(14)15-9-8-13/h2-7,13H,8-9H2,1H3. The van der Waals surface area contributed by atoms with E-state index >= 15 is 0 Å². The van der Waals surface area contributed by atoms with Crippen molar-refractivity contribution in [3.05, 3.63) is 41.5 Å². The Bertz CT molecular complexity index is 338. The van der Waals surface area contributed by atoms with Gasteiger partial charge in [-0.1, -0.05) is 24.3 Å². The predicted octanol–water partition coefficient (Wildman–Crippen LogP) is 1.87. The first-order valence-electron chi connectivity index (χ1n) is 4.78. The first-order valence-corrected chi connectivity index (χ1v) is 4.78. The number of benzene rings is 1. The molecule has 0 unspecified atom stereocenters. The van der Waals surface area contributed by atoms with Crippen LogP contribution in [0.1, 0.15) is 22.8 Å². The molecule has 1 aromatic carbocycles. The molecule has 0 aliphatic heterocycles. The smallest absolute Gasteiger partial charge is 0.338 e. The predicted molar refractivity (Wildman–Crippen MR) is 58.5 cm³/mol. The lowest BCUT2D eigenvalue weighted by molar-refractivity contribution is 0.0434. The number of allylic oxidation sites excluding steroid dienone is 1. The van der Waals surface area contributed by atoms with Crippen LogP contribution in [0.5, 0.6) is 0 Å². The maximum atomic E-state index is 11.3. The minimum atomic E-state index is -0.406. The molecule has 80 valence electrons. The van der Waals surface area contributed by atoms with Gasteiger partial charge >= 0.3 is 5.97 Å². The lowest BCUT2D eigenvalue weighted by atomic mass is 10.1. The monoisotopic (exact) mass is 206 g/mol. The Morgan fingerprint density at radius 3 is 2.60 bits per heavy atom. The summed E-state index contributed by atoms with van der Waals surface area (Å²) in [6.45, 7) is 1.82. The Kier molecular flexibility index (Phi) is 4.57. The quantitative estimate of drug-likeness (QED) is 0.765. The van der Waals surface area contributed by atoms with Crippen molar-refractivity contribution in [3.8, 4) is 0 Å². The summed E-state index contributed by atoms with van der Waals surface area (Å²) in [7, 11) is 0. The van der Waals surface area contributed by atoms with Gasteiger partial charge in [0.15, 0.2) is 0 Å². The Morgan fingerprint density at radius 1 is 1.40 bits per heavy atom. The van der Waals surface area contributed by atoms with E-state index in [2.05, 4.69) is 0 Å². The van der Waals surface area contributed by atoms with E-state index in [1.165, 1.54) is 0 Å². The number of hydrogen-bond acceptors (Lipinski definition) is 3. The molecule has 0 bridgehead atoms. The van der Waals surface area contributed by atoms with E-state index in [1.807, 2.05) is 31.2 Å². The fourth-order valence-electron chi connectivity index (χ4n) is 1.14. The summed E-state index contributed by atoms with van der Waals surface area (Å²) in [6, 6.07) is 7.09. The molecule has 3 heteroatoms. The normalized spacial score (nSPS) is 10.5. The van der Waals surface area contributed by atoms with Gasteiger partial charge in [0.1, 0.15) is 6.61 Å². The van der Waals surface area contributed by atoms with Gasteiger partial charge in [-0.2, -0.15) is 0 Å². The van der Waals surface area contributed by atoms with Crippen LogP contribution in [-0.4, -0.2) is 24.3 Å². The van der Waals surface area contributed by atoms with Crippen LogP contribution in [-0.2, 0) is 4.74 Å². The van der Waals surface area contributed by atoms with E-state index in [1.54, 1.807) is 12.1 Å². The molecule has 0 aliphatic rings. The van der Waals surface area contributed by atoms with E-state index in [0.717, 1.165) is 5.56 Å². The largest absolute Gasteiger partial charge is 0.460 e. The van der Waals surface area contributed by atoms with Gasteiger partial charge < -0.3 is 9.84 Å². The van der Waals surface area contributed by atoms with Crippen LogP contribution in [0.3, 0.4) is 0 Å². The fraction of sp³-hybridized carbons (Fsp3) is 0.250. The highest BCUT2D eigenvalue weighted by Crippen LogP contribution is 2.07. The first-order chi connectivity index (χ1) is 7.27. The van der Waals surface area contributed by atoms with E-state index in [9.17, 15) is 4.79 Å². The van der Waals surface area contributed by atoms with E-state index in [0.29, 0.717) is 5.56 Å². The highest BCUT2D eigenvalue weighted by Gasteiger charge is 2.05. The SMILES string of the molecule is CC=Cc1ccc(C(=O)OCCO)cc1. The van der Waals surface area contributed by atoms with Crippen molar-refractivity contribution < 1.29 is 14.6 Å². The number of aliphatic hydroxyl groups excluding tert-OH is 1. The lowest BCUT2D eigenvalue weighted by Gasteiger charge is -2.02. The first kappa shape index (κ1) is 11.5. The van der Waals surface area contributed by atoms with Crippen LogP contribution in [0.15, 0.2) is 30.3 Å². The molecular weight excluding hydrogens is 192 g/mol. The Morgan fingerprint density at radius 2 is 2.07 bits per heavy atom. The Balaban J connectivity index is 2.66. The average Bonchev–Trinajstić information content (AvgIpc) is 2.27. The maximum Gasteiger partial charge on any atom is 0.338 e. The third-order valence-corrected chi connectivity index (χ3v) is 1.83. The van der Waals surface area contributed by atoms with Gasteiger partial charge in [-0.15, -0.1) is 0 Å².